The van der Waals surface area contributed by atoms with E-state index in [1.165, 1.54) is 0 Å². The van der Waals surface area contributed by atoms with E-state index in [2.05, 4.69) is 22.9 Å². The molecule has 1 aromatic carbocycles. The molecule has 0 radical (unpaired) electrons. The number of likely N-dealkylation sites (N-methyl/N-ethyl adjacent to an activating group) is 1. The van der Waals surface area contributed by atoms with E-state index < -0.39 is 0 Å². The summed E-state index contributed by atoms with van der Waals surface area (Å²) in [7, 11) is 2.17. The quantitative estimate of drug-likeness (QED) is 0.892. The Morgan fingerprint density at radius 3 is 2.82 bits per heavy atom. The van der Waals surface area contributed by atoms with Gasteiger partial charge in [0.25, 0.3) is 0 Å². The van der Waals surface area contributed by atoms with Crippen molar-refractivity contribution in [3.05, 3.63) is 29.3 Å². The summed E-state index contributed by atoms with van der Waals surface area (Å²) in [4.78, 5) is 4.75. The molecule has 1 fully saturated rings. The second kappa shape index (κ2) is 5.71. The summed E-state index contributed by atoms with van der Waals surface area (Å²) in [5.74, 6) is 0. The van der Waals surface area contributed by atoms with Gasteiger partial charge in [0.15, 0.2) is 0 Å². The molecule has 1 aliphatic rings. The van der Waals surface area contributed by atoms with Crippen molar-refractivity contribution in [2.45, 2.75) is 12.5 Å². The summed E-state index contributed by atoms with van der Waals surface area (Å²) in [6.07, 6.45) is 1.04. The number of piperazine rings is 1. The van der Waals surface area contributed by atoms with E-state index in [1.54, 1.807) is 0 Å². The van der Waals surface area contributed by atoms with Gasteiger partial charge in [-0.3, -0.25) is 4.90 Å². The Bertz CT molecular complexity index is 369. The molecule has 1 saturated heterocycles. The Morgan fingerprint density at radius 1 is 1.35 bits per heavy atom. The van der Waals surface area contributed by atoms with Crippen LogP contribution in [0.1, 0.15) is 6.42 Å². The maximum atomic E-state index is 6.24. The number of benzene rings is 1. The van der Waals surface area contributed by atoms with Crippen molar-refractivity contribution in [3.8, 4) is 0 Å². The molecule has 94 valence electrons. The molecule has 0 spiro atoms. The molecule has 1 atom stereocenters. The number of hydrogen-bond acceptors (Lipinski definition) is 3. The van der Waals surface area contributed by atoms with Crippen LogP contribution in [0.25, 0.3) is 0 Å². The molecule has 0 bridgehead atoms. The zero-order valence-electron chi connectivity index (χ0n) is 10.3. The summed E-state index contributed by atoms with van der Waals surface area (Å²) in [6, 6.07) is 8.59. The minimum Gasteiger partial charge on any atom is -0.367 e. The molecule has 0 amide bonds. The maximum Gasteiger partial charge on any atom is 0.0639 e. The molecule has 1 unspecified atom stereocenters. The lowest BCUT2D eigenvalue weighted by atomic mass is 10.1. The molecule has 2 N–H and O–H groups in total. The summed E-state index contributed by atoms with van der Waals surface area (Å²) < 4.78 is 0. The van der Waals surface area contributed by atoms with Crippen LogP contribution in [0.5, 0.6) is 0 Å². The zero-order chi connectivity index (χ0) is 12.3. The summed E-state index contributed by atoms with van der Waals surface area (Å²) in [6.45, 7) is 3.85. The molecule has 2 rings (SSSR count). The molecule has 0 aliphatic carbocycles. The number of para-hydroxylation sites is 1. The number of halogens is 1. The SMILES string of the molecule is CN1CCN(c2ccccc2Cl)CC1CCN. The average molecular weight is 254 g/mol. The van der Waals surface area contributed by atoms with Gasteiger partial charge in [0, 0.05) is 25.7 Å². The molecule has 0 saturated carbocycles. The third-order valence-electron chi connectivity index (χ3n) is 3.47. The zero-order valence-corrected chi connectivity index (χ0v) is 11.0. The first-order valence-corrected chi connectivity index (χ1v) is 6.50. The molecule has 1 aromatic rings. The monoisotopic (exact) mass is 253 g/mol. The third kappa shape index (κ3) is 2.92. The van der Waals surface area contributed by atoms with E-state index in [-0.39, 0.29) is 0 Å². The van der Waals surface area contributed by atoms with Crippen LogP contribution in [0.3, 0.4) is 0 Å². The fourth-order valence-electron chi connectivity index (χ4n) is 2.38. The highest BCUT2D eigenvalue weighted by Crippen LogP contribution is 2.27. The predicted octanol–water partition coefficient (Wildman–Crippen LogP) is 1.81. The predicted molar refractivity (Wildman–Crippen MR) is 73.8 cm³/mol. The molecule has 17 heavy (non-hydrogen) atoms. The van der Waals surface area contributed by atoms with E-state index in [9.17, 15) is 0 Å². The minimum absolute atomic E-state index is 0.532. The number of hydrogen-bond donors (Lipinski definition) is 1. The standard InChI is InChI=1S/C13H20ClN3/c1-16-8-9-17(10-11(16)6-7-15)13-5-3-2-4-12(13)14/h2-5,11H,6-10,15H2,1H3. The van der Waals surface area contributed by atoms with Crippen molar-refractivity contribution < 1.29 is 0 Å². The number of nitrogens with zero attached hydrogens (tertiary/aromatic N) is 2. The van der Waals surface area contributed by atoms with Gasteiger partial charge in [-0.25, -0.2) is 0 Å². The lowest BCUT2D eigenvalue weighted by molar-refractivity contribution is 0.210. The molecule has 3 nitrogen and oxygen atoms in total. The van der Waals surface area contributed by atoms with Crippen molar-refractivity contribution in [2.75, 3.05) is 38.1 Å². The smallest absolute Gasteiger partial charge is 0.0639 e. The van der Waals surface area contributed by atoms with Crippen LogP contribution >= 0.6 is 11.6 Å². The lowest BCUT2D eigenvalue weighted by Gasteiger charge is -2.40. The minimum atomic E-state index is 0.532. The maximum absolute atomic E-state index is 6.24. The second-order valence-corrected chi connectivity index (χ2v) is 5.02. The highest BCUT2D eigenvalue weighted by molar-refractivity contribution is 6.33. The summed E-state index contributed by atoms with van der Waals surface area (Å²) in [5.41, 5.74) is 6.81. The van der Waals surface area contributed by atoms with Crippen molar-refractivity contribution in [1.82, 2.24) is 4.90 Å². The van der Waals surface area contributed by atoms with Gasteiger partial charge in [-0.1, -0.05) is 23.7 Å². The third-order valence-corrected chi connectivity index (χ3v) is 3.79. The lowest BCUT2D eigenvalue weighted by Crippen LogP contribution is -2.52. The van der Waals surface area contributed by atoms with Crippen molar-refractivity contribution in [2.24, 2.45) is 5.73 Å². The highest BCUT2D eigenvalue weighted by atomic mass is 35.5. The van der Waals surface area contributed by atoms with Crippen molar-refractivity contribution in [3.63, 3.8) is 0 Å². The van der Waals surface area contributed by atoms with Gasteiger partial charge in [0.2, 0.25) is 0 Å². The van der Waals surface area contributed by atoms with E-state index >= 15 is 0 Å². The van der Waals surface area contributed by atoms with Crippen LogP contribution in [-0.4, -0.2) is 44.2 Å². The van der Waals surface area contributed by atoms with E-state index in [4.69, 9.17) is 17.3 Å². The number of nitrogens with two attached hydrogens (primary N) is 1. The number of rotatable bonds is 3. The summed E-state index contributed by atoms with van der Waals surface area (Å²) in [5, 5.41) is 0.837. The van der Waals surface area contributed by atoms with Gasteiger partial charge in [-0.2, -0.15) is 0 Å². The Balaban J connectivity index is 2.10. The highest BCUT2D eigenvalue weighted by Gasteiger charge is 2.24. The van der Waals surface area contributed by atoms with Gasteiger partial charge >= 0.3 is 0 Å². The second-order valence-electron chi connectivity index (χ2n) is 4.61. The van der Waals surface area contributed by atoms with Gasteiger partial charge in [0.05, 0.1) is 10.7 Å². The van der Waals surface area contributed by atoms with Crippen molar-refractivity contribution >= 4 is 17.3 Å². The summed E-state index contributed by atoms with van der Waals surface area (Å²) >= 11 is 6.24. The Morgan fingerprint density at radius 2 is 2.12 bits per heavy atom. The van der Waals surface area contributed by atoms with Crippen LogP contribution in [0.2, 0.25) is 5.02 Å². The molecule has 0 aromatic heterocycles. The van der Waals surface area contributed by atoms with Crippen LogP contribution in [0.4, 0.5) is 5.69 Å². The normalized spacial score (nSPS) is 21.8. The van der Waals surface area contributed by atoms with Crippen molar-refractivity contribution in [1.29, 1.82) is 0 Å². The fraction of sp³-hybridized carbons (Fsp3) is 0.538. The Labute approximate surface area is 108 Å². The van der Waals surface area contributed by atoms with Gasteiger partial charge in [0.1, 0.15) is 0 Å². The molecule has 1 heterocycles. The van der Waals surface area contributed by atoms with Crippen LogP contribution in [-0.2, 0) is 0 Å². The van der Waals surface area contributed by atoms with Gasteiger partial charge in [-0.15, -0.1) is 0 Å². The van der Waals surface area contributed by atoms with E-state index in [0.29, 0.717) is 6.04 Å². The van der Waals surface area contributed by atoms with Crippen LogP contribution in [0, 0.1) is 0 Å². The van der Waals surface area contributed by atoms with Crippen LogP contribution < -0.4 is 10.6 Å². The largest absolute Gasteiger partial charge is 0.367 e. The molecular formula is C13H20ClN3. The van der Waals surface area contributed by atoms with Gasteiger partial charge in [-0.05, 0) is 32.1 Å². The first-order chi connectivity index (χ1) is 8.22. The molecule has 4 heteroatoms. The topological polar surface area (TPSA) is 32.5 Å². The molecular weight excluding hydrogens is 234 g/mol. The Kier molecular flexibility index (Phi) is 4.26. The Hall–Kier alpha value is -0.770. The average Bonchev–Trinajstić information content (AvgIpc) is 2.33. The van der Waals surface area contributed by atoms with Crippen LogP contribution in [0.15, 0.2) is 24.3 Å². The van der Waals surface area contributed by atoms with E-state index in [0.717, 1.165) is 43.3 Å². The fourth-order valence-corrected chi connectivity index (χ4v) is 2.63. The first kappa shape index (κ1) is 12.7. The number of anilines is 1. The molecule has 1 aliphatic heterocycles. The van der Waals surface area contributed by atoms with E-state index in [1.807, 2.05) is 18.2 Å². The van der Waals surface area contributed by atoms with Gasteiger partial charge < -0.3 is 10.6 Å². The first-order valence-electron chi connectivity index (χ1n) is 6.12.